The summed E-state index contributed by atoms with van der Waals surface area (Å²) in [6.07, 6.45) is 4.50. The average molecular weight is 774 g/mol. The summed E-state index contributed by atoms with van der Waals surface area (Å²) in [5.74, 6) is 1.57. The number of carbonyl (C=O) groups is 2. The van der Waals surface area contributed by atoms with Gasteiger partial charge in [-0.1, -0.05) is 65.1 Å². The van der Waals surface area contributed by atoms with Crippen LogP contribution in [-0.4, -0.2) is 61.2 Å². The molecule has 4 heterocycles. The molecule has 0 saturated carbocycles. The first-order chi connectivity index (χ1) is 25.7. The van der Waals surface area contributed by atoms with E-state index in [9.17, 15) is 9.59 Å². The monoisotopic (exact) mass is 772 g/mol. The van der Waals surface area contributed by atoms with Gasteiger partial charge < -0.3 is 30.7 Å². The van der Waals surface area contributed by atoms with E-state index in [1.165, 1.54) is 0 Å². The fourth-order valence-electron chi connectivity index (χ4n) is 7.06. The number of nitrogens with one attached hydrogen (secondary N) is 4. The van der Waals surface area contributed by atoms with E-state index in [1.54, 1.807) is 20.4 Å². The molecule has 0 spiro atoms. The van der Waals surface area contributed by atoms with Gasteiger partial charge in [-0.3, -0.25) is 14.6 Å². The van der Waals surface area contributed by atoms with E-state index in [0.717, 1.165) is 51.6 Å². The van der Waals surface area contributed by atoms with Crippen molar-refractivity contribution in [3.05, 3.63) is 93.1 Å². The SMILES string of the molecule is COc1cc(-c2nccc(-c3cccc(-c4ccc5c(OC)c(CNC[C@H]6CCC(=O)N6)cc(Cl)c5n4)c3Cl)c2Cl)ccc1CNC[C@H]1CCC(=O)N1. The number of carbonyl (C=O) groups excluding carboxylic acids is 2. The normalized spacial score (nSPS) is 16.9. The summed E-state index contributed by atoms with van der Waals surface area (Å²) in [6.45, 7) is 2.44. The number of halogens is 3. The molecule has 10 nitrogen and oxygen atoms in total. The lowest BCUT2D eigenvalue weighted by atomic mass is 9.99. The van der Waals surface area contributed by atoms with Gasteiger partial charge in [-0.25, -0.2) is 4.98 Å². The van der Waals surface area contributed by atoms with Gasteiger partial charge in [0.15, 0.2) is 0 Å². The highest BCUT2D eigenvalue weighted by atomic mass is 35.5. The molecule has 5 aromatic rings. The summed E-state index contributed by atoms with van der Waals surface area (Å²) >= 11 is 21.1. The Kier molecular flexibility index (Phi) is 11.3. The number of amides is 2. The lowest BCUT2D eigenvalue weighted by Gasteiger charge is -2.17. The second-order valence-electron chi connectivity index (χ2n) is 13.2. The molecule has 2 aliphatic heterocycles. The summed E-state index contributed by atoms with van der Waals surface area (Å²) in [7, 11) is 3.27. The van der Waals surface area contributed by atoms with Crippen LogP contribution >= 0.6 is 34.8 Å². The van der Waals surface area contributed by atoms with Crippen molar-refractivity contribution in [2.24, 2.45) is 0 Å². The van der Waals surface area contributed by atoms with Crippen molar-refractivity contribution in [1.82, 2.24) is 31.2 Å². The Labute approximate surface area is 322 Å². The van der Waals surface area contributed by atoms with Crippen molar-refractivity contribution < 1.29 is 19.1 Å². The van der Waals surface area contributed by atoms with Gasteiger partial charge in [0.25, 0.3) is 0 Å². The summed E-state index contributed by atoms with van der Waals surface area (Å²) < 4.78 is 11.6. The van der Waals surface area contributed by atoms with Crippen molar-refractivity contribution in [2.45, 2.75) is 50.9 Å². The van der Waals surface area contributed by atoms with Crippen molar-refractivity contribution in [3.63, 3.8) is 0 Å². The Morgan fingerprint density at radius 3 is 2.11 bits per heavy atom. The van der Waals surface area contributed by atoms with E-state index in [4.69, 9.17) is 49.3 Å². The van der Waals surface area contributed by atoms with Crippen LogP contribution < -0.4 is 30.7 Å². The van der Waals surface area contributed by atoms with Crippen LogP contribution in [0.4, 0.5) is 0 Å². The number of hydrogen-bond acceptors (Lipinski definition) is 8. The lowest BCUT2D eigenvalue weighted by molar-refractivity contribution is -0.120. The Hall–Kier alpha value is -4.45. The maximum absolute atomic E-state index is 11.6. The van der Waals surface area contributed by atoms with E-state index in [1.807, 2.05) is 60.7 Å². The summed E-state index contributed by atoms with van der Waals surface area (Å²) in [4.78, 5) is 32.7. The van der Waals surface area contributed by atoms with Gasteiger partial charge in [0.1, 0.15) is 11.5 Å². The molecule has 13 heteroatoms. The third-order valence-corrected chi connectivity index (χ3v) is 10.8. The topological polar surface area (TPSA) is 126 Å². The fourth-order valence-corrected chi connectivity index (χ4v) is 7.98. The van der Waals surface area contributed by atoms with Crippen LogP contribution in [0.3, 0.4) is 0 Å². The summed E-state index contributed by atoms with van der Waals surface area (Å²) in [6, 6.07) is 19.5. The molecule has 2 aliphatic rings. The van der Waals surface area contributed by atoms with Crippen LogP contribution in [0.15, 0.2) is 66.9 Å². The highest BCUT2D eigenvalue weighted by Crippen LogP contribution is 2.43. The zero-order chi connectivity index (χ0) is 37.1. The van der Waals surface area contributed by atoms with Crippen LogP contribution in [-0.2, 0) is 22.7 Å². The summed E-state index contributed by atoms with van der Waals surface area (Å²) in [5.41, 5.74) is 6.68. The van der Waals surface area contributed by atoms with Crippen LogP contribution in [0.25, 0.3) is 44.5 Å². The smallest absolute Gasteiger partial charge is 0.220 e. The molecule has 2 aromatic heterocycles. The molecule has 53 heavy (non-hydrogen) atoms. The van der Waals surface area contributed by atoms with E-state index in [-0.39, 0.29) is 23.9 Å². The molecule has 2 saturated heterocycles. The Morgan fingerprint density at radius 2 is 1.45 bits per heavy atom. The highest BCUT2D eigenvalue weighted by molar-refractivity contribution is 6.39. The third-order valence-electron chi connectivity index (χ3n) is 9.76. The van der Waals surface area contributed by atoms with E-state index < -0.39 is 0 Å². The van der Waals surface area contributed by atoms with Gasteiger partial charge in [0.05, 0.1) is 46.2 Å². The summed E-state index contributed by atoms with van der Waals surface area (Å²) in [5, 5.41) is 15.0. The molecule has 0 unspecified atom stereocenters. The predicted octanol–water partition coefficient (Wildman–Crippen LogP) is 7.34. The van der Waals surface area contributed by atoms with Crippen LogP contribution in [0.5, 0.6) is 11.5 Å². The molecular weight excluding hydrogens is 735 g/mol. The first-order valence-corrected chi connectivity index (χ1v) is 18.6. The average Bonchev–Trinajstić information content (AvgIpc) is 3.78. The minimum absolute atomic E-state index is 0.0882. The maximum atomic E-state index is 11.6. The number of fused-ring (bicyclic) bond motifs is 1. The number of nitrogens with zero attached hydrogens (tertiary/aromatic N) is 2. The van der Waals surface area contributed by atoms with Gasteiger partial charge in [0, 0.05) is 96.1 Å². The Morgan fingerprint density at radius 1 is 0.774 bits per heavy atom. The Balaban J connectivity index is 1.13. The van der Waals surface area contributed by atoms with E-state index >= 15 is 0 Å². The first-order valence-electron chi connectivity index (χ1n) is 17.5. The van der Waals surface area contributed by atoms with Gasteiger partial charge in [-0.05, 0) is 43.2 Å². The van der Waals surface area contributed by atoms with Gasteiger partial charge in [-0.15, -0.1) is 0 Å². The molecule has 2 fully saturated rings. The molecule has 3 aromatic carbocycles. The highest BCUT2D eigenvalue weighted by Gasteiger charge is 2.23. The minimum Gasteiger partial charge on any atom is -0.496 e. The quantitative estimate of drug-likeness (QED) is 0.0980. The molecule has 7 rings (SSSR count). The zero-order valence-electron chi connectivity index (χ0n) is 29.3. The molecule has 0 aliphatic carbocycles. The van der Waals surface area contributed by atoms with Crippen molar-refractivity contribution in [1.29, 1.82) is 0 Å². The van der Waals surface area contributed by atoms with Crippen molar-refractivity contribution in [3.8, 4) is 45.1 Å². The minimum atomic E-state index is 0.0882. The van der Waals surface area contributed by atoms with Gasteiger partial charge in [-0.2, -0.15) is 0 Å². The third kappa shape index (κ3) is 7.93. The van der Waals surface area contributed by atoms with Crippen LogP contribution in [0.1, 0.15) is 36.8 Å². The standard InChI is InChI=1S/C40H39Cl3N6O4/c1-52-33-17-22(6-7-23(33)18-44-20-25-8-12-34(50)47-25)38-37(43)28(14-15-46-38)27-4-3-5-29(36(27)42)32-11-10-30-39(49-32)31(41)16-24(40(30)53-2)19-45-21-26-9-13-35(51)48-26/h3-7,10-11,14-17,25-26,44-45H,8-9,12-13,18-21H2,1-2H3,(H,47,50)(H,48,51)/t25-,26-/m1/s1. The second-order valence-corrected chi connectivity index (χ2v) is 14.4. The molecule has 4 N–H and O–H groups in total. The maximum Gasteiger partial charge on any atom is 0.220 e. The number of pyridine rings is 2. The number of rotatable bonds is 13. The van der Waals surface area contributed by atoms with Crippen molar-refractivity contribution >= 4 is 57.5 Å². The molecule has 274 valence electrons. The van der Waals surface area contributed by atoms with E-state index in [2.05, 4.69) is 26.3 Å². The molecule has 0 bridgehead atoms. The number of aromatic nitrogens is 2. The number of hydrogen-bond donors (Lipinski definition) is 4. The second kappa shape index (κ2) is 16.3. The zero-order valence-corrected chi connectivity index (χ0v) is 31.6. The number of ether oxygens (including phenoxy) is 2. The van der Waals surface area contributed by atoms with Crippen LogP contribution in [0, 0.1) is 0 Å². The van der Waals surface area contributed by atoms with Gasteiger partial charge in [0.2, 0.25) is 11.8 Å². The number of benzene rings is 3. The molecular formula is C40H39Cl3N6O4. The molecule has 2 amide bonds. The molecule has 2 atom stereocenters. The predicted molar refractivity (Wildman–Crippen MR) is 210 cm³/mol. The van der Waals surface area contributed by atoms with Gasteiger partial charge >= 0.3 is 0 Å². The van der Waals surface area contributed by atoms with Crippen LogP contribution in [0.2, 0.25) is 15.1 Å². The first kappa shape index (κ1) is 36.9. The fraction of sp³-hybridized carbons (Fsp3) is 0.300. The number of methoxy groups -OCH3 is 2. The Bertz CT molecular complexity index is 2200. The van der Waals surface area contributed by atoms with E-state index in [0.29, 0.717) is 82.5 Å². The lowest BCUT2D eigenvalue weighted by Crippen LogP contribution is -2.35. The molecule has 0 radical (unpaired) electrons. The van der Waals surface area contributed by atoms with Crippen molar-refractivity contribution in [2.75, 3.05) is 27.3 Å². The largest absolute Gasteiger partial charge is 0.496 e.